The minimum absolute atomic E-state index is 0. The summed E-state index contributed by atoms with van der Waals surface area (Å²) < 4.78 is 0. The van der Waals surface area contributed by atoms with Crippen LogP contribution in [0.3, 0.4) is 0 Å². The van der Waals surface area contributed by atoms with Crippen LogP contribution < -0.4 is 0 Å². The summed E-state index contributed by atoms with van der Waals surface area (Å²) in [5.74, 6) is 1.18. The van der Waals surface area contributed by atoms with E-state index in [0.717, 1.165) is 10.4 Å². The Morgan fingerprint density at radius 2 is 2.07 bits per heavy atom. The van der Waals surface area contributed by atoms with Crippen molar-refractivity contribution in [3.05, 3.63) is 24.4 Å². The van der Waals surface area contributed by atoms with Crippen LogP contribution in [0.2, 0.25) is 0 Å². The second kappa shape index (κ2) is 9.99. The number of hydrogen-bond acceptors (Lipinski definition) is 2. The lowest BCUT2D eigenvalue weighted by molar-refractivity contribution is 0.788. The quantitative estimate of drug-likeness (QED) is 0.434. The van der Waals surface area contributed by atoms with E-state index < -0.39 is 0 Å². The summed E-state index contributed by atoms with van der Waals surface area (Å²) in [5, 5.41) is 2.27. The van der Waals surface area contributed by atoms with Crippen LogP contribution in [-0.2, 0) is 0 Å². The zero-order valence-electron chi connectivity index (χ0n) is 7.99. The highest BCUT2D eigenvalue weighted by Crippen LogP contribution is 2.16. The lowest BCUT2D eigenvalue weighted by Crippen LogP contribution is -1.83. The molecule has 0 atom stereocenters. The minimum Gasteiger partial charge on any atom is -0.250 e. The molecule has 0 radical (unpaired) electrons. The van der Waals surface area contributed by atoms with Crippen LogP contribution in [0.4, 0.5) is 0 Å². The number of rotatable bonds is 6. The number of halogens is 2. The molecule has 1 heterocycles. The molecule has 0 aliphatic rings. The Morgan fingerprint density at radius 1 is 1.21 bits per heavy atom. The molecule has 0 aliphatic carbocycles. The molecular weight excluding hydrogens is 326 g/mol. The van der Waals surface area contributed by atoms with Gasteiger partial charge in [0.15, 0.2) is 0 Å². The van der Waals surface area contributed by atoms with Crippen molar-refractivity contribution in [2.75, 3.05) is 11.1 Å². The first kappa shape index (κ1) is 14.5. The van der Waals surface area contributed by atoms with Crippen molar-refractivity contribution in [2.24, 2.45) is 0 Å². The van der Waals surface area contributed by atoms with Crippen molar-refractivity contribution in [3.63, 3.8) is 0 Å². The summed E-state index contributed by atoms with van der Waals surface area (Å²) >= 11 is 5.27. The maximum atomic E-state index is 4.25. The van der Waals surface area contributed by atoms with Crippen LogP contribution in [0.5, 0.6) is 0 Å². The second-order valence-corrected chi connectivity index (χ2v) is 4.67. The number of nitrogens with zero attached hydrogens (tertiary/aromatic N) is 1. The second-order valence-electron chi connectivity index (χ2n) is 2.77. The SMILES string of the molecule is Br.BrCCCCCSc1ccccn1. The Morgan fingerprint density at radius 3 is 2.71 bits per heavy atom. The van der Waals surface area contributed by atoms with E-state index in [2.05, 4.69) is 27.0 Å². The molecule has 0 saturated carbocycles. The van der Waals surface area contributed by atoms with Crippen molar-refractivity contribution in [3.8, 4) is 0 Å². The van der Waals surface area contributed by atoms with Gasteiger partial charge in [-0.05, 0) is 30.7 Å². The summed E-state index contributed by atoms with van der Waals surface area (Å²) in [7, 11) is 0. The van der Waals surface area contributed by atoms with Gasteiger partial charge in [0.05, 0.1) is 5.03 Å². The van der Waals surface area contributed by atoms with Gasteiger partial charge in [-0.2, -0.15) is 0 Å². The molecule has 0 bridgehead atoms. The minimum atomic E-state index is 0. The fourth-order valence-electron chi connectivity index (χ4n) is 0.983. The zero-order chi connectivity index (χ0) is 9.36. The molecule has 4 heteroatoms. The fraction of sp³-hybridized carbons (Fsp3) is 0.500. The average molecular weight is 341 g/mol. The summed E-state index contributed by atoms with van der Waals surface area (Å²) in [6.07, 6.45) is 5.72. The van der Waals surface area contributed by atoms with Gasteiger partial charge in [0.2, 0.25) is 0 Å². The molecule has 80 valence electrons. The van der Waals surface area contributed by atoms with E-state index in [-0.39, 0.29) is 17.0 Å². The van der Waals surface area contributed by atoms with Crippen LogP contribution >= 0.6 is 44.7 Å². The zero-order valence-corrected chi connectivity index (χ0v) is 12.1. The molecule has 14 heavy (non-hydrogen) atoms. The highest BCUT2D eigenvalue weighted by atomic mass is 79.9. The first-order valence-corrected chi connectivity index (χ1v) is 6.64. The number of hydrogen-bond donors (Lipinski definition) is 0. The number of alkyl halides is 1. The van der Waals surface area contributed by atoms with E-state index in [4.69, 9.17) is 0 Å². The van der Waals surface area contributed by atoms with Crippen molar-refractivity contribution in [1.29, 1.82) is 0 Å². The molecule has 1 nitrogen and oxygen atoms in total. The molecule has 0 amide bonds. The molecule has 1 aromatic heterocycles. The summed E-state index contributed by atoms with van der Waals surface area (Å²) in [4.78, 5) is 4.25. The van der Waals surface area contributed by atoms with Gasteiger partial charge in [-0.25, -0.2) is 4.98 Å². The molecule has 0 N–H and O–H groups in total. The summed E-state index contributed by atoms with van der Waals surface area (Å²) in [6, 6.07) is 6.05. The lowest BCUT2D eigenvalue weighted by Gasteiger charge is -1.99. The van der Waals surface area contributed by atoms with Gasteiger partial charge in [-0.3, -0.25) is 0 Å². The Balaban J connectivity index is 0.00000169. The van der Waals surface area contributed by atoms with Crippen LogP contribution in [0.1, 0.15) is 19.3 Å². The van der Waals surface area contributed by atoms with Gasteiger partial charge in [0.1, 0.15) is 0 Å². The van der Waals surface area contributed by atoms with E-state index in [0.29, 0.717) is 0 Å². The van der Waals surface area contributed by atoms with Crippen LogP contribution in [0, 0.1) is 0 Å². The van der Waals surface area contributed by atoms with E-state index in [1.165, 1.54) is 25.0 Å². The third kappa shape index (κ3) is 6.85. The first-order valence-electron chi connectivity index (χ1n) is 4.53. The molecule has 0 spiro atoms. The van der Waals surface area contributed by atoms with E-state index in [9.17, 15) is 0 Å². The molecule has 1 aromatic rings. The highest BCUT2D eigenvalue weighted by molar-refractivity contribution is 9.09. The number of aromatic nitrogens is 1. The molecule has 0 fully saturated rings. The molecular formula is C10H15Br2NS. The summed E-state index contributed by atoms with van der Waals surface area (Å²) in [5.41, 5.74) is 0. The Kier molecular flexibility index (Phi) is 10.3. The standard InChI is InChI=1S/C10H14BrNS.BrH/c11-7-3-1-5-9-13-10-6-2-4-8-12-10;/h2,4,6,8H,1,3,5,7,9H2;1H. The van der Waals surface area contributed by atoms with Gasteiger partial charge in [-0.1, -0.05) is 28.4 Å². The van der Waals surface area contributed by atoms with Gasteiger partial charge < -0.3 is 0 Å². The largest absolute Gasteiger partial charge is 0.250 e. The predicted octanol–water partition coefficient (Wildman–Crippen LogP) is 4.32. The summed E-state index contributed by atoms with van der Waals surface area (Å²) in [6.45, 7) is 0. The van der Waals surface area contributed by atoms with Crippen molar-refractivity contribution in [2.45, 2.75) is 24.3 Å². The van der Waals surface area contributed by atoms with Crippen LogP contribution in [0.15, 0.2) is 29.4 Å². The maximum absolute atomic E-state index is 4.25. The Hall–Kier alpha value is 0.460. The Bertz CT molecular complexity index is 219. The monoisotopic (exact) mass is 339 g/mol. The average Bonchev–Trinajstić information content (AvgIpc) is 2.19. The number of unbranched alkanes of at least 4 members (excludes halogenated alkanes) is 2. The van der Waals surface area contributed by atoms with Gasteiger partial charge >= 0.3 is 0 Å². The number of pyridine rings is 1. The number of thioether (sulfide) groups is 1. The third-order valence-electron chi connectivity index (χ3n) is 1.67. The van der Waals surface area contributed by atoms with Crippen molar-refractivity contribution < 1.29 is 0 Å². The topological polar surface area (TPSA) is 12.9 Å². The molecule has 1 rings (SSSR count). The molecule has 0 aromatic carbocycles. The Labute approximate surface area is 109 Å². The highest BCUT2D eigenvalue weighted by Gasteiger charge is 1.93. The van der Waals surface area contributed by atoms with E-state index >= 15 is 0 Å². The van der Waals surface area contributed by atoms with Crippen molar-refractivity contribution in [1.82, 2.24) is 4.98 Å². The maximum Gasteiger partial charge on any atom is 0.0959 e. The van der Waals surface area contributed by atoms with Crippen LogP contribution in [0.25, 0.3) is 0 Å². The molecule has 0 aliphatic heterocycles. The predicted molar refractivity (Wildman–Crippen MR) is 72.9 cm³/mol. The lowest BCUT2D eigenvalue weighted by atomic mass is 10.3. The van der Waals surface area contributed by atoms with Gasteiger partial charge in [0, 0.05) is 11.5 Å². The van der Waals surface area contributed by atoms with Gasteiger partial charge in [0.25, 0.3) is 0 Å². The van der Waals surface area contributed by atoms with E-state index in [1.807, 2.05) is 30.1 Å². The first-order chi connectivity index (χ1) is 6.43. The normalized spacial score (nSPS) is 9.50. The van der Waals surface area contributed by atoms with Crippen LogP contribution in [-0.4, -0.2) is 16.1 Å². The van der Waals surface area contributed by atoms with E-state index in [1.54, 1.807) is 0 Å². The fourth-order valence-corrected chi connectivity index (χ4v) is 2.25. The van der Waals surface area contributed by atoms with Crippen molar-refractivity contribution >= 4 is 44.7 Å². The molecule has 0 unspecified atom stereocenters. The van der Waals surface area contributed by atoms with Gasteiger partial charge in [-0.15, -0.1) is 28.7 Å². The smallest absolute Gasteiger partial charge is 0.0959 e. The third-order valence-corrected chi connectivity index (χ3v) is 3.26. The molecule has 0 saturated heterocycles.